The summed E-state index contributed by atoms with van der Waals surface area (Å²) in [5.74, 6) is 0.740. The first kappa shape index (κ1) is 39.2. The predicted octanol–water partition coefficient (Wildman–Crippen LogP) is 8.14. The van der Waals surface area contributed by atoms with Crippen molar-refractivity contribution in [3.63, 3.8) is 0 Å². The van der Waals surface area contributed by atoms with Gasteiger partial charge in [-0.2, -0.15) is 0 Å². The number of amides is 2. The predicted molar refractivity (Wildman–Crippen MR) is 228 cm³/mol. The van der Waals surface area contributed by atoms with Crippen LogP contribution in [-0.4, -0.2) is 76.5 Å². The van der Waals surface area contributed by atoms with Crippen LogP contribution in [0.2, 0.25) is 0 Å². The summed E-state index contributed by atoms with van der Waals surface area (Å²) >= 11 is 0. The zero-order valence-electron chi connectivity index (χ0n) is 33.8. The van der Waals surface area contributed by atoms with Gasteiger partial charge in [0.05, 0.1) is 38.5 Å². The standard InChI is InChI=1S/2C23H29N3O2/c2*1-16-17(2)26(18(3)27)22-10-9-20(25-11-13-28-14-12-25)15-21(22)23(16)24-19-7-5-4-6-8-19/h2*4-10,15-17,23-24H,11-14H2,1-3H3/t2*16-,17-,23+/m10/s1. The van der Waals surface area contributed by atoms with Crippen molar-refractivity contribution in [2.75, 3.05) is 82.8 Å². The van der Waals surface area contributed by atoms with E-state index < -0.39 is 0 Å². The summed E-state index contributed by atoms with van der Waals surface area (Å²) < 4.78 is 11.0. The molecule has 2 fully saturated rings. The highest BCUT2D eigenvalue weighted by Gasteiger charge is 2.40. The Balaban J connectivity index is 0.000000172. The zero-order chi connectivity index (χ0) is 39.3. The number of nitrogens with one attached hydrogen (secondary N) is 2. The monoisotopic (exact) mass is 758 g/mol. The second-order valence-corrected chi connectivity index (χ2v) is 15.6. The van der Waals surface area contributed by atoms with Crippen molar-refractivity contribution >= 4 is 45.9 Å². The maximum absolute atomic E-state index is 12.4. The van der Waals surface area contributed by atoms with Crippen molar-refractivity contribution in [2.24, 2.45) is 11.8 Å². The maximum Gasteiger partial charge on any atom is 0.224 e. The molecule has 2 saturated heterocycles. The summed E-state index contributed by atoms with van der Waals surface area (Å²) in [5, 5.41) is 7.45. The minimum Gasteiger partial charge on any atom is -0.378 e. The number of hydrogen-bond donors (Lipinski definition) is 2. The fraction of sp³-hybridized carbons (Fsp3) is 0.435. The molecule has 4 aromatic rings. The lowest BCUT2D eigenvalue weighted by Crippen LogP contribution is -2.48. The van der Waals surface area contributed by atoms with Crippen LogP contribution in [0.1, 0.15) is 64.8 Å². The molecule has 4 aromatic carbocycles. The molecule has 0 radical (unpaired) electrons. The van der Waals surface area contributed by atoms with Crippen LogP contribution in [0.4, 0.5) is 34.1 Å². The molecule has 0 aliphatic carbocycles. The van der Waals surface area contributed by atoms with E-state index in [1.54, 1.807) is 13.8 Å². The molecule has 6 atom stereocenters. The molecular weight excluding hydrogens is 701 g/mol. The molecule has 0 unspecified atom stereocenters. The Morgan fingerprint density at radius 2 is 0.893 bits per heavy atom. The lowest BCUT2D eigenvalue weighted by Gasteiger charge is -2.44. The normalized spacial score (nSPS) is 24.6. The van der Waals surface area contributed by atoms with Gasteiger partial charge in [0, 0.05) is 109 Å². The van der Waals surface area contributed by atoms with Gasteiger partial charge in [-0.3, -0.25) is 9.59 Å². The molecule has 56 heavy (non-hydrogen) atoms. The number of carbonyl (C=O) groups excluding carboxylic acids is 2. The molecule has 4 aliphatic rings. The first-order chi connectivity index (χ1) is 27.1. The van der Waals surface area contributed by atoms with Gasteiger partial charge in [-0.1, -0.05) is 50.2 Å². The van der Waals surface area contributed by atoms with Crippen LogP contribution in [0.3, 0.4) is 0 Å². The smallest absolute Gasteiger partial charge is 0.224 e. The third-order valence-corrected chi connectivity index (χ3v) is 12.2. The summed E-state index contributed by atoms with van der Waals surface area (Å²) in [5.41, 5.74) is 9.02. The molecular formula is C46H58N6O4. The molecule has 8 rings (SSSR count). The van der Waals surface area contributed by atoms with E-state index in [-0.39, 0.29) is 47.8 Å². The molecule has 2 N–H and O–H groups in total. The van der Waals surface area contributed by atoms with Gasteiger partial charge in [0.1, 0.15) is 0 Å². The van der Waals surface area contributed by atoms with Crippen molar-refractivity contribution in [3.05, 3.63) is 108 Å². The molecule has 4 heterocycles. The van der Waals surface area contributed by atoms with Gasteiger partial charge in [0.15, 0.2) is 0 Å². The van der Waals surface area contributed by atoms with Crippen LogP contribution >= 0.6 is 0 Å². The van der Waals surface area contributed by atoms with Crippen molar-refractivity contribution < 1.29 is 19.1 Å². The Hall–Kier alpha value is -5.06. The molecule has 0 spiro atoms. The van der Waals surface area contributed by atoms with E-state index in [9.17, 15) is 9.59 Å². The maximum atomic E-state index is 12.4. The van der Waals surface area contributed by atoms with Gasteiger partial charge < -0.3 is 39.7 Å². The molecule has 4 aliphatic heterocycles. The average Bonchev–Trinajstić information content (AvgIpc) is 3.22. The number of rotatable bonds is 6. The van der Waals surface area contributed by atoms with E-state index in [0.29, 0.717) is 0 Å². The Morgan fingerprint density at radius 3 is 1.23 bits per heavy atom. The van der Waals surface area contributed by atoms with Gasteiger partial charge in [-0.15, -0.1) is 0 Å². The van der Waals surface area contributed by atoms with Crippen molar-refractivity contribution in [1.29, 1.82) is 0 Å². The highest BCUT2D eigenvalue weighted by molar-refractivity contribution is 5.95. The summed E-state index contributed by atoms with van der Waals surface area (Å²) in [4.78, 5) is 33.5. The van der Waals surface area contributed by atoms with E-state index in [1.165, 1.54) is 22.5 Å². The minimum absolute atomic E-state index is 0.0953. The first-order valence-corrected chi connectivity index (χ1v) is 20.3. The Bertz CT molecular complexity index is 1810. The van der Waals surface area contributed by atoms with Crippen LogP contribution < -0.4 is 30.2 Å². The van der Waals surface area contributed by atoms with Crippen LogP contribution in [0.25, 0.3) is 0 Å². The van der Waals surface area contributed by atoms with E-state index >= 15 is 0 Å². The lowest BCUT2D eigenvalue weighted by molar-refractivity contribution is -0.118. The Labute approximate surface area is 332 Å². The molecule has 296 valence electrons. The van der Waals surface area contributed by atoms with Crippen LogP contribution in [0.15, 0.2) is 97.1 Å². The van der Waals surface area contributed by atoms with E-state index in [4.69, 9.17) is 9.47 Å². The minimum atomic E-state index is 0.0953. The van der Waals surface area contributed by atoms with Crippen LogP contribution in [-0.2, 0) is 19.1 Å². The quantitative estimate of drug-likeness (QED) is 0.204. The molecule has 10 heteroatoms. The van der Waals surface area contributed by atoms with Gasteiger partial charge in [0.25, 0.3) is 0 Å². The zero-order valence-corrected chi connectivity index (χ0v) is 33.8. The summed E-state index contributed by atoms with van der Waals surface area (Å²) in [7, 11) is 0. The van der Waals surface area contributed by atoms with E-state index in [0.717, 1.165) is 75.4 Å². The van der Waals surface area contributed by atoms with Gasteiger partial charge in [-0.05, 0) is 74.5 Å². The second-order valence-electron chi connectivity index (χ2n) is 15.6. The number of anilines is 6. The number of nitrogens with zero attached hydrogens (tertiary/aromatic N) is 4. The number of para-hydroxylation sites is 2. The van der Waals surface area contributed by atoms with Crippen LogP contribution in [0.5, 0.6) is 0 Å². The highest BCUT2D eigenvalue weighted by Crippen LogP contribution is 2.45. The topological polar surface area (TPSA) is 89.6 Å². The largest absolute Gasteiger partial charge is 0.378 e. The third kappa shape index (κ3) is 8.22. The van der Waals surface area contributed by atoms with Crippen molar-refractivity contribution in [1.82, 2.24) is 0 Å². The molecule has 2 amide bonds. The summed E-state index contributed by atoms with van der Waals surface area (Å²) in [6.07, 6.45) is 0. The van der Waals surface area contributed by atoms with Crippen molar-refractivity contribution in [3.8, 4) is 0 Å². The molecule has 10 nitrogen and oxygen atoms in total. The number of carbonyl (C=O) groups is 2. The summed E-state index contributed by atoms with van der Waals surface area (Å²) in [6, 6.07) is 34.2. The average molecular weight is 759 g/mol. The first-order valence-electron chi connectivity index (χ1n) is 20.3. The fourth-order valence-corrected chi connectivity index (χ4v) is 8.85. The fourth-order valence-electron chi connectivity index (χ4n) is 8.85. The number of morpholine rings is 2. The van der Waals surface area contributed by atoms with Crippen molar-refractivity contribution in [2.45, 2.75) is 65.7 Å². The lowest BCUT2D eigenvalue weighted by atomic mass is 9.82. The summed E-state index contributed by atoms with van der Waals surface area (Å²) in [6.45, 7) is 18.7. The SMILES string of the molecule is CC(=O)N1c2ccc(N3CCOCC3)cc2[C@@H](Nc2ccccc2)[C@H](C)[C@H]1C.CC(=O)N1c2ccc(N3CCOCC3)cc2[C@H](Nc2ccccc2)[C@@H](C)[C@@H]1C. The van der Waals surface area contributed by atoms with Gasteiger partial charge >= 0.3 is 0 Å². The third-order valence-electron chi connectivity index (χ3n) is 12.2. The van der Waals surface area contributed by atoms with Gasteiger partial charge in [0.2, 0.25) is 11.8 Å². The molecule has 0 aromatic heterocycles. The van der Waals surface area contributed by atoms with E-state index in [1.807, 2.05) is 46.2 Å². The van der Waals surface area contributed by atoms with Gasteiger partial charge in [-0.25, -0.2) is 0 Å². The Kier molecular flexibility index (Phi) is 12.2. The van der Waals surface area contributed by atoms with E-state index in [2.05, 4.69) is 109 Å². The molecule has 0 bridgehead atoms. The second kappa shape index (κ2) is 17.4. The number of benzene rings is 4. The number of fused-ring (bicyclic) bond motifs is 2. The number of ether oxygens (including phenoxy) is 2. The highest BCUT2D eigenvalue weighted by atomic mass is 16.5. The molecule has 0 saturated carbocycles. The van der Waals surface area contributed by atoms with Crippen LogP contribution in [0, 0.1) is 11.8 Å². The number of hydrogen-bond acceptors (Lipinski definition) is 8. The Morgan fingerprint density at radius 1 is 0.536 bits per heavy atom.